The Morgan fingerprint density at radius 2 is 1.90 bits per heavy atom. The summed E-state index contributed by atoms with van der Waals surface area (Å²) >= 11 is 0. The highest BCUT2D eigenvalue weighted by Crippen LogP contribution is 2.25. The molecule has 1 aliphatic carbocycles. The highest BCUT2D eigenvalue weighted by Gasteiger charge is 2.21. The van der Waals surface area contributed by atoms with Crippen molar-refractivity contribution in [1.29, 1.82) is 0 Å². The average molecular weight is 275 g/mol. The summed E-state index contributed by atoms with van der Waals surface area (Å²) in [6.07, 6.45) is 2.46. The number of methoxy groups -OCH3 is 2. The van der Waals surface area contributed by atoms with E-state index in [2.05, 4.69) is 20.8 Å². The van der Waals surface area contributed by atoms with Gasteiger partial charge in [-0.2, -0.15) is 4.68 Å². The van der Waals surface area contributed by atoms with Gasteiger partial charge in [0.25, 0.3) is 0 Å². The molecule has 1 N–H and O–H groups in total. The number of nitrogens with one attached hydrogen (secondary N) is 1. The van der Waals surface area contributed by atoms with Crippen molar-refractivity contribution >= 4 is 0 Å². The molecule has 1 saturated carbocycles. The van der Waals surface area contributed by atoms with Gasteiger partial charge in [-0.25, -0.2) is 0 Å². The molecule has 7 heteroatoms. The van der Waals surface area contributed by atoms with Gasteiger partial charge in [-0.1, -0.05) is 0 Å². The van der Waals surface area contributed by atoms with Gasteiger partial charge in [0.1, 0.15) is 11.5 Å². The molecule has 0 amide bonds. The molecule has 2 aromatic rings. The molecule has 1 aromatic carbocycles. The Labute approximate surface area is 116 Å². The van der Waals surface area contributed by atoms with Crippen LogP contribution in [-0.2, 0) is 6.54 Å². The standard InChI is InChI=1S/C13H17N5O2/c1-19-11-5-10(6-12(7-11)20-2)18-13(15-16-17-18)8-14-9-3-4-9/h5-7,9,14H,3-4,8H2,1-2H3. The fraction of sp³-hybridized carbons (Fsp3) is 0.462. The predicted molar refractivity (Wildman–Crippen MR) is 72.1 cm³/mol. The van der Waals surface area contributed by atoms with Gasteiger partial charge in [0.05, 0.1) is 26.5 Å². The summed E-state index contributed by atoms with van der Waals surface area (Å²) in [6.45, 7) is 0.650. The zero-order chi connectivity index (χ0) is 13.9. The Kier molecular flexibility index (Phi) is 3.51. The normalized spacial score (nSPS) is 14.3. The number of hydrogen-bond acceptors (Lipinski definition) is 6. The predicted octanol–water partition coefficient (Wildman–Crippen LogP) is 0.931. The fourth-order valence-electron chi connectivity index (χ4n) is 1.95. The van der Waals surface area contributed by atoms with E-state index in [1.807, 2.05) is 18.2 Å². The zero-order valence-corrected chi connectivity index (χ0v) is 11.5. The van der Waals surface area contributed by atoms with Gasteiger partial charge >= 0.3 is 0 Å². The van der Waals surface area contributed by atoms with Crippen molar-refractivity contribution in [3.8, 4) is 17.2 Å². The summed E-state index contributed by atoms with van der Waals surface area (Å²) in [6, 6.07) is 6.18. The molecule has 20 heavy (non-hydrogen) atoms. The van der Waals surface area contributed by atoms with Gasteiger partial charge < -0.3 is 14.8 Å². The summed E-state index contributed by atoms with van der Waals surface area (Å²) in [5.74, 6) is 2.18. The molecule has 0 aliphatic heterocycles. The third kappa shape index (κ3) is 2.72. The summed E-state index contributed by atoms with van der Waals surface area (Å²) < 4.78 is 12.2. The minimum absolute atomic E-state index is 0.611. The van der Waals surface area contributed by atoms with E-state index >= 15 is 0 Å². The topological polar surface area (TPSA) is 74.1 Å². The van der Waals surface area contributed by atoms with Gasteiger partial charge in [0.2, 0.25) is 0 Å². The second kappa shape index (κ2) is 5.46. The van der Waals surface area contributed by atoms with Crippen LogP contribution in [0.4, 0.5) is 0 Å². The minimum atomic E-state index is 0.611. The second-order valence-electron chi connectivity index (χ2n) is 4.73. The molecule has 7 nitrogen and oxygen atoms in total. The third-order valence-electron chi connectivity index (χ3n) is 3.24. The van der Waals surface area contributed by atoms with Crippen LogP contribution in [0.3, 0.4) is 0 Å². The van der Waals surface area contributed by atoms with Gasteiger partial charge in [-0.3, -0.25) is 0 Å². The highest BCUT2D eigenvalue weighted by molar-refractivity contribution is 5.46. The molecule has 3 rings (SSSR count). The molecule has 0 unspecified atom stereocenters. The second-order valence-corrected chi connectivity index (χ2v) is 4.73. The lowest BCUT2D eigenvalue weighted by Gasteiger charge is -2.09. The van der Waals surface area contributed by atoms with Crippen molar-refractivity contribution in [2.75, 3.05) is 14.2 Å². The van der Waals surface area contributed by atoms with E-state index in [0.29, 0.717) is 24.1 Å². The van der Waals surface area contributed by atoms with E-state index in [1.54, 1.807) is 18.9 Å². The Hall–Kier alpha value is -2.15. The Balaban J connectivity index is 1.89. The van der Waals surface area contributed by atoms with E-state index < -0.39 is 0 Å². The lowest BCUT2D eigenvalue weighted by atomic mass is 10.2. The number of hydrogen-bond donors (Lipinski definition) is 1. The van der Waals surface area contributed by atoms with Crippen LogP contribution in [0.25, 0.3) is 5.69 Å². The first-order valence-corrected chi connectivity index (χ1v) is 6.54. The minimum Gasteiger partial charge on any atom is -0.497 e. The van der Waals surface area contributed by atoms with E-state index in [-0.39, 0.29) is 0 Å². The highest BCUT2D eigenvalue weighted by atomic mass is 16.5. The maximum atomic E-state index is 5.27. The van der Waals surface area contributed by atoms with Crippen LogP contribution in [0.5, 0.6) is 11.5 Å². The van der Waals surface area contributed by atoms with Crippen LogP contribution >= 0.6 is 0 Å². The van der Waals surface area contributed by atoms with Crippen molar-refractivity contribution in [2.24, 2.45) is 0 Å². The lowest BCUT2D eigenvalue weighted by molar-refractivity contribution is 0.393. The number of aromatic nitrogens is 4. The SMILES string of the molecule is COc1cc(OC)cc(-n2nnnc2CNC2CC2)c1. The average Bonchev–Trinajstić information content (AvgIpc) is 3.20. The maximum absolute atomic E-state index is 5.27. The fourth-order valence-corrected chi connectivity index (χ4v) is 1.95. The van der Waals surface area contributed by atoms with Crippen molar-refractivity contribution in [2.45, 2.75) is 25.4 Å². The van der Waals surface area contributed by atoms with Gasteiger partial charge in [-0.15, -0.1) is 5.10 Å². The van der Waals surface area contributed by atoms with Crippen LogP contribution < -0.4 is 14.8 Å². The molecule has 0 saturated heterocycles. The van der Waals surface area contributed by atoms with Crippen molar-refractivity contribution in [1.82, 2.24) is 25.5 Å². The molecular formula is C13H17N5O2. The third-order valence-corrected chi connectivity index (χ3v) is 3.24. The molecular weight excluding hydrogens is 258 g/mol. The molecule has 0 spiro atoms. The van der Waals surface area contributed by atoms with E-state index in [0.717, 1.165) is 11.5 Å². The number of benzene rings is 1. The van der Waals surface area contributed by atoms with Gasteiger partial charge in [0.15, 0.2) is 5.82 Å². The molecule has 0 radical (unpaired) electrons. The maximum Gasteiger partial charge on any atom is 0.170 e. The first-order valence-electron chi connectivity index (χ1n) is 6.54. The van der Waals surface area contributed by atoms with Crippen LogP contribution in [0.2, 0.25) is 0 Å². The van der Waals surface area contributed by atoms with Crippen LogP contribution in [-0.4, -0.2) is 40.5 Å². The van der Waals surface area contributed by atoms with E-state index in [9.17, 15) is 0 Å². The molecule has 1 heterocycles. The first-order chi connectivity index (χ1) is 9.80. The largest absolute Gasteiger partial charge is 0.497 e. The molecule has 0 atom stereocenters. The van der Waals surface area contributed by atoms with Crippen LogP contribution in [0, 0.1) is 0 Å². The Morgan fingerprint density at radius 1 is 1.20 bits per heavy atom. The van der Waals surface area contributed by atoms with E-state index in [4.69, 9.17) is 9.47 Å². The van der Waals surface area contributed by atoms with Crippen molar-refractivity contribution in [3.05, 3.63) is 24.0 Å². The number of ether oxygens (including phenoxy) is 2. The summed E-state index contributed by atoms with van der Waals surface area (Å²) in [5.41, 5.74) is 0.818. The molecule has 1 fully saturated rings. The van der Waals surface area contributed by atoms with Crippen molar-refractivity contribution < 1.29 is 9.47 Å². The molecule has 1 aliphatic rings. The number of nitrogens with zero attached hydrogens (tertiary/aromatic N) is 4. The van der Waals surface area contributed by atoms with Crippen LogP contribution in [0.15, 0.2) is 18.2 Å². The smallest absolute Gasteiger partial charge is 0.170 e. The Morgan fingerprint density at radius 3 is 2.50 bits per heavy atom. The summed E-state index contributed by atoms with van der Waals surface area (Å²) in [4.78, 5) is 0. The van der Waals surface area contributed by atoms with E-state index in [1.165, 1.54) is 12.8 Å². The molecule has 1 aromatic heterocycles. The lowest BCUT2D eigenvalue weighted by Crippen LogP contribution is -2.18. The molecule has 106 valence electrons. The van der Waals surface area contributed by atoms with Crippen molar-refractivity contribution in [3.63, 3.8) is 0 Å². The van der Waals surface area contributed by atoms with Crippen LogP contribution in [0.1, 0.15) is 18.7 Å². The quantitative estimate of drug-likeness (QED) is 0.845. The monoisotopic (exact) mass is 275 g/mol. The Bertz CT molecular complexity index is 572. The molecule has 0 bridgehead atoms. The first kappa shape index (κ1) is 12.9. The summed E-state index contributed by atoms with van der Waals surface area (Å²) in [5, 5.41) is 15.3. The number of rotatable bonds is 6. The number of tetrazole rings is 1. The van der Waals surface area contributed by atoms with Gasteiger partial charge in [-0.05, 0) is 23.3 Å². The summed E-state index contributed by atoms with van der Waals surface area (Å²) in [7, 11) is 3.24. The zero-order valence-electron chi connectivity index (χ0n) is 11.5. The van der Waals surface area contributed by atoms with Gasteiger partial charge in [0, 0.05) is 24.2 Å².